The van der Waals surface area contributed by atoms with Crippen LogP contribution in [0.3, 0.4) is 0 Å². The van der Waals surface area contributed by atoms with E-state index >= 15 is 0 Å². The Bertz CT molecular complexity index is 1010. The molecule has 1 aromatic carbocycles. The second kappa shape index (κ2) is 5.14. The molecule has 1 N–H and O–H groups in total. The molecule has 1 aliphatic rings. The van der Waals surface area contributed by atoms with E-state index in [0.717, 1.165) is 48.1 Å². The van der Waals surface area contributed by atoms with E-state index in [1.165, 1.54) is 12.1 Å². The van der Waals surface area contributed by atoms with Crippen LogP contribution in [0.15, 0.2) is 50.9 Å². The molecule has 0 radical (unpaired) electrons. The maximum atomic E-state index is 13.3. The average molecular weight is 332 g/mol. The molecule has 5 nitrogen and oxygen atoms in total. The van der Waals surface area contributed by atoms with Crippen LogP contribution in [0.4, 0.5) is 4.39 Å². The quantitative estimate of drug-likeness (QED) is 0.780. The standard InChI is InChI=1S/C16H13FN2O3S/c17-10-5-12(8-19-7-10)23(20,21)11-1-2-13-14-3-4-18-9-16(14)22-15(13)6-11/h1-2,5-8,18H,3-4,9H2. The van der Waals surface area contributed by atoms with Gasteiger partial charge in [-0.05, 0) is 31.2 Å². The molecular weight excluding hydrogens is 319 g/mol. The molecule has 0 atom stereocenters. The molecule has 0 bridgehead atoms. The molecule has 23 heavy (non-hydrogen) atoms. The molecule has 118 valence electrons. The van der Waals surface area contributed by atoms with Crippen LogP contribution in [0.25, 0.3) is 11.0 Å². The van der Waals surface area contributed by atoms with Crippen LogP contribution in [0.2, 0.25) is 0 Å². The number of hydrogen-bond donors (Lipinski definition) is 1. The molecule has 1 aliphatic heterocycles. The van der Waals surface area contributed by atoms with E-state index in [4.69, 9.17) is 4.42 Å². The summed E-state index contributed by atoms with van der Waals surface area (Å²) in [6.45, 7) is 1.51. The Balaban J connectivity index is 1.86. The molecule has 2 aromatic heterocycles. The van der Waals surface area contributed by atoms with Crippen LogP contribution >= 0.6 is 0 Å². The summed E-state index contributed by atoms with van der Waals surface area (Å²) in [5.41, 5.74) is 1.65. The molecule has 0 aliphatic carbocycles. The minimum atomic E-state index is -3.83. The van der Waals surface area contributed by atoms with Crippen molar-refractivity contribution in [3.63, 3.8) is 0 Å². The number of halogens is 1. The molecule has 3 heterocycles. The highest BCUT2D eigenvalue weighted by molar-refractivity contribution is 7.91. The highest BCUT2D eigenvalue weighted by atomic mass is 32.2. The number of rotatable bonds is 2. The third-order valence-corrected chi connectivity index (χ3v) is 5.70. The van der Waals surface area contributed by atoms with Gasteiger partial charge in [0.1, 0.15) is 17.2 Å². The Kier molecular flexibility index (Phi) is 3.21. The minimum Gasteiger partial charge on any atom is -0.459 e. The van der Waals surface area contributed by atoms with Crippen LogP contribution in [0.5, 0.6) is 0 Å². The third-order valence-electron chi connectivity index (χ3n) is 3.99. The Morgan fingerprint density at radius 3 is 2.87 bits per heavy atom. The molecule has 0 spiro atoms. The topological polar surface area (TPSA) is 72.2 Å². The van der Waals surface area contributed by atoms with Crippen LogP contribution in [-0.2, 0) is 22.8 Å². The van der Waals surface area contributed by atoms with Gasteiger partial charge in [0, 0.05) is 23.2 Å². The fraction of sp³-hybridized carbons (Fsp3) is 0.188. The molecule has 0 amide bonds. The molecule has 0 unspecified atom stereocenters. The lowest BCUT2D eigenvalue weighted by Gasteiger charge is -2.10. The van der Waals surface area contributed by atoms with Gasteiger partial charge in [-0.2, -0.15) is 0 Å². The Hall–Kier alpha value is -2.25. The molecule has 0 fully saturated rings. The van der Waals surface area contributed by atoms with Crippen molar-refractivity contribution < 1.29 is 17.2 Å². The van der Waals surface area contributed by atoms with Crippen molar-refractivity contribution in [1.29, 1.82) is 0 Å². The maximum Gasteiger partial charge on any atom is 0.208 e. The summed E-state index contributed by atoms with van der Waals surface area (Å²) in [6.07, 6.45) is 2.96. The Morgan fingerprint density at radius 1 is 1.17 bits per heavy atom. The third kappa shape index (κ3) is 2.32. The summed E-state index contributed by atoms with van der Waals surface area (Å²) in [5, 5.41) is 4.15. The monoisotopic (exact) mass is 332 g/mol. The number of furan rings is 1. The minimum absolute atomic E-state index is 0.0662. The first-order valence-corrected chi connectivity index (χ1v) is 8.65. The summed E-state index contributed by atoms with van der Waals surface area (Å²) in [4.78, 5) is 3.50. The van der Waals surface area contributed by atoms with Gasteiger partial charge in [-0.25, -0.2) is 12.8 Å². The predicted molar refractivity (Wildman–Crippen MR) is 81.3 cm³/mol. The van der Waals surface area contributed by atoms with Crippen LogP contribution < -0.4 is 5.32 Å². The SMILES string of the molecule is O=S(=O)(c1cncc(F)c1)c1ccc2c3c(oc2c1)CNCC3. The summed E-state index contributed by atoms with van der Waals surface area (Å²) in [7, 11) is -3.83. The van der Waals surface area contributed by atoms with Crippen LogP contribution in [-0.4, -0.2) is 19.9 Å². The highest BCUT2D eigenvalue weighted by Gasteiger charge is 2.22. The smallest absolute Gasteiger partial charge is 0.208 e. The van der Waals surface area contributed by atoms with Gasteiger partial charge in [-0.15, -0.1) is 0 Å². The van der Waals surface area contributed by atoms with Crippen molar-refractivity contribution in [2.75, 3.05) is 6.54 Å². The van der Waals surface area contributed by atoms with Gasteiger partial charge in [-0.1, -0.05) is 0 Å². The molecule has 0 saturated carbocycles. The van der Waals surface area contributed by atoms with Gasteiger partial charge < -0.3 is 9.73 Å². The zero-order chi connectivity index (χ0) is 16.0. The van der Waals surface area contributed by atoms with E-state index in [9.17, 15) is 12.8 Å². The molecule has 3 aromatic rings. The largest absolute Gasteiger partial charge is 0.459 e. The van der Waals surface area contributed by atoms with Crippen molar-refractivity contribution in [3.05, 3.63) is 53.8 Å². The van der Waals surface area contributed by atoms with Crippen LogP contribution in [0, 0.1) is 5.82 Å². The van der Waals surface area contributed by atoms with E-state index in [0.29, 0.717) is 12.1 Å². The van der Waals surface area contributed by atoms with Crippen molar-refractivity contribution >= 4 is 20.8 Å². The fourth-order valence-corrected chi connectivity index (χ4v) is 4.10. The number of fused-ring (bicyclic) bond motifs is 3. The lowest BCUT2D eigenvalue weighted by atomic mass is 10.1. The first-order valence-electron chi connectivity index (χ1n) is 7.16. The van der Waals surface area contributed by atoms with E-state index in [-0.39, 0.29) is 9.79 Å². The second-order valence-corrected chi connectivity index (χ2v) is 7.38. The van der Waals surface area contributed by atoms with E-state index in [1.807, 2.05) is 0 Å². The normalized spacial score (nSPS) is 14.8. The first kappa shape index (κ1) is 14.3. The summed E-state index contributed by atoms with van der Waals surface area (Å²) >= 11 is 0. The van der Waals surface area contributed by atoms with Crippen molar-refractivity contribution in [1.82, 2.24) is 10.3 Å². The second-order valence-electron chi connectivity index (χ2n) is 5.43. The van der Waals surface area contributed by atoms with Gasteiger partial charge in [0.05, 0.1) is 22.5 Å². The maximum absolute atomic E-state index is 13.3. The zero-order valence-corrected chi connectivity index (χ0v) is 12.9. The van der Waals surface area contributed by atoms with Crippen molar-refractivity contribution in [2.45, 2.75) is 22.8 Å². The first-order chi connectivity index (χ1) is 11.1. The van der Waals surface area contributed by atoms with E-state index < -0.39 is 15.7 Å². The Labute approximate surface area is 132 Å². The number of benzene rings is 1. The lowest BCUT2D eigenvalue weighted by Crippen LogP contribution is -2.22. The number of aromatic nitrogens is 1. The van der Waals surface area contributed by atoms with Crippen molar-refractivity contribution in [2.24, 2.45) is 0 Å². The predicted octanol–water partition coefficient (Wildman–Crippen LogP) is 2.45. The summed E-state index contributed by atoms with van der Waals surface area (Å²) in [5.74, 6) is 0.153. The van der Waals surface area contributed by atoms with Crippen LogP contribution in [0.1, 0.15) is 11.3 Å². The molecule has 0 saturated heterocycles. The van der Waals surface area contributed by atoms with Gasteiger partial charge in [0.15, 0.2) is 0 Å². The van der Waals surface area contributed by atoms with Crippen molar-refractivity contribution in [3.8, 4) is 0 Å². The number of pyridine rings is 1. The van der Waals surface area contributed by atoms with E-state index in [2.05, 4.69) is 10.3 Å². The van der Waals surface area contributed by atoms with E-state index in [1.54, 1.807) is 6.07 Å². The Morgan fingerprint density at radius 2 is 2.04 bits per heavy atom. The zero-order valence-electron chi connectivity index (χ0n) is 12.0. The van der Waals surface area contributed by atoms with Gasteiger partial charge in [-0.3, -0.25) is 4.98 Å². The van der Waals surface area contributed by atoms with Gasteiger partial charge >= 0.3 is 0 Å². The van der Waals surface area contributed by atoms with Gasteiger partial charge in [0.2, 0.25) is 9.84 Å². The highest BCUT2D eigenvalue weighted by Crippen LogP contribution is 2.31. The number of nitrogens with zero attached hydrogens (tertiary/aromatic N) is 1. The number of hydrogen-bond acceptors (Lipinski definition) is 5. The van der Waals surface area contributed by atoms with Gasteiger partial charge in [0.25, 0.3) is 0 Å². The summed E-state index contributed by atoms with van der Waals surface area (Å²) in [6, 6.07) is 5.74. The molecule has 7 heteroatoms. The lowest BCUT2D eigenvalue weighted by molar-refractivity contribution is 0.487. The fourth-order valence-electron chi connectivity index (χ4n) is 2.86. The number of sulfone groups is 1. The molecule has 4 rings (SSSR count). The number of nitrogens with one attached hydrogen (secondary N) is 1. The average Bonchev–Trinajstić information content (AvgIpc) is 2.92. The molecular formula is C16H13FN2O3S. The summed E-state index contributed by atoms with van der Waals surface area (Å²) < 4.78 is 44.3.